The van der Waals surface area contributed by atoms with Gasteiger partial charge in [0.25, 0.3) is 0 Å². The molecule has 0 saturated carbocycles. The van der Waals surface area contributed by atoms with Crippen molar-refractivity contribution in [3.63, 3.8) is 0 Å². The summed E-state index contributed by atoms with van der Waals surface area (Å²) in [6.07, 6.45) is 7.70. The monoisotopic (exact) mass is 400 g/mol. The molecule has 2 aromatic carbocycles. The molecule has 2 aliphatic rings. The number of halogens is 3. The SMILES string of the molecule is CC/C=C/[C@H]1CCc2c(ccc3c2CC[C@H](c2ccc(OC(F)(F)F)cc2)C3)C1. The van der Waals surface area contributed by atoms with Gasteiger partial charge in [0.2, 0.25) is 0 Å². The molecule has 1 nitrogen and oxygen atoms in total. The van der Waals surface area contributed by atoms with E-state index >= 15 is 0 Å². The number of hydrogen-bond acceptors (Lipinski definition) is 1. The Hall–Kier alpha value is -2.23. The minimum absolute atomic E-state index is 0.154. The molecule has 29 heavy (non-hydrogen) atoms. The van der Waals surface area contributed by atoms with E-state index in [1.165, 1.54) is 35.2 Å². The lowest BCUT2D eigenvalue weighted by Gasteiger charge is -2.31. The van der Waals surface area contributed by atoms with Crippen LogP contribution in [-0.4, -0.2) is 6.36 Å². The van der Waals surface area contributed by atoms with E-state index in [1.807, 2.05) is 0 Å². The fourth-order valence-electron chi connectivity index (χ4n) is 4.91. The average molecular weight is 400 g/mol. The van der Waals surface area contributed by atoms with Crippen LogP contribution in [0.5, 0.6) is 5.75 Å². The number of fused-ring (bicyclic) bond motifs is 3. The highest BCUT2D eigenvalue weighted by Crippen LogP contribution is 2.39. The molecule has 2 aromatic rings. The molecule has 0 aromatic heterocycles. The van der Waals surface area contributed by atoms with Gasteiger partial charge in [0.15, 0.2) is 0 Å². The summed E-state index contributed by atoms with van der Waals surface area (Å²) in [5, 5.41) is 0. The molecular formula is C25H27F3O. The van der Waals surface area contributed by atoms with Gasteiger partial charge >= 0.3 is 6.36 Å². The first kappa shape index (κ1) is 20.1. The Labute approximate surface area is 170 Å². The molecule has 0 amide bonds. The molecule has 2 aliphatic carbocycles. The second-order valence-corrected chi connectivity index (χ2v) is 8.24. The third-order valence-corrected chi connectivity index (χ3v) is 6.31. The van der Waals surface area contributed by atoms with Crippen LogP contribution in [0.4, 0.5) is 13.2 Å². The Kier molecular flexibility index (Phi) is 5.71. The van der Waals surface area contributed by atoms with Crippen molar-refractivity contribution in [3.05, 3.63) is 76.4 Å². The van der Waals surface area contributed by atoms with Gasteiger partial charge in [0.1, 0.15) is 5.75 Å². The van der Waals surface area contributed by atoms with Gasteiger partial charge in [-0.15, -0.1) is 13.2 Å². The Balaban J connectivity index is 1.48. The lowest BCUT2D eigenvalue weighted by Crippen LogP contribution is -2.20. The highest BCUT2D eigenvalue weighted by Gasteiger charge is 2.31. The molecule has 0 fully saturated rings. The van der Waals surface area contributed by atoms with Crippen LogP contribution in [0.3, 0.4) is 0 Å². The van der Waals surface area contributed by atoms with Gasteiger partial charge in [0, 0.05) is 0 Å². The van der Waals surface area contributed by atoms with E-state index in [2.05, 4.69) is 35.9 Å². The van der Waals surface area contributed by atoms with E-state index < -0.39 is 6.36 Å². The maximum atomic E-state index is 12.4. The second-order valence-electron chi connectivity index (χ2n) is 8.24. The van der Waals surface area contributed by atoms with Crippen LogP contribution >= 0.6 is 0 Å². The van der Waals surface area contributed by atoms with Crippen molar-refractivity contribution < 1.29 is 17.9 Å². The van der Waals surface area contributed by atoms with Crippen molar-refractivity contribution in [1.29, 1.82) is 0 Å². The largest absolute Gasteiger partial charge is 0.573 e. The number of rotatable bonds is 4. The molecule has 154 valence electrons. The van der Waals surface area contributed by atoms with Gasteiger partial charge in [0.05, 0.1) is 0 Å². The summed E-state index contributed by atoms with van der Waals surface area (Å²) in [4.78, 5) is 0. The number of hydrogen-bond donors (Lipinski definition) is 0. The lowest BCUT2D eigenvalue weighted by molar-refractivity contribution is -0.274. The minimum Gasteiger partial charge on any atom is -0.406 e. The van der Waals surface area contributed by atoms with Gasteiger partial charge in [-0.05, 0) is 96.7 Å². The summed E-state index contributed by atoms with van der Waals surface area (Å²) in [6, 6.07) is 11.0. The van der Waals surface area contributed by atoms with E-state index in [1.54, 1.807) is 17.7 Å². The van der Waals surface area contributed by atoms with Crippen molar-refractivity contribution in [2.45, 2.75) is 64.1 Å². The lowest BCUT2D eigenvalue weighted by atomic mass is 9.74. The van der Waals surface area contributed by atoms with Crippen LogP contribution in [0.25, 0.3) is 0 Å². The van der Waals surface area contributed by atoms with Crippen molar-refractivity contribution in [3.8, 4) is 5.75 Å². The molecule has 0 spiro atoms. The zero-order chi connectivity index (χ0) is 20.4. The number of ether oxygens (including phenoxy) is 1. The summed E-state index contributed by atoms with van der Waals surface area (Å²) >= 11 is 0. The molecule has 0 saturated heterocycles. The standard InChI is InChI=1S/C25H27F3O/c1-2-3-4-17-5-13-23-20(15-17)6-7-21-16-19(10-14-24(21)23)18-8-11-22(12-9-18)29-25(26,27)28/h3-4,6-9,11-12,17,19H,2,5,10,13-16H2,1H3/b4-3+/t17-,19-/m0/s1. The molecule has 0 unspecified atom stereocenters. The van der Waals surface area contributed by atoms with Gasteiger partial charge < -0.3 is 4.74 Å². The fourth-order valence-corrected chi connectivity index (χ4v) is 4.91. The fraction of sp³-hybridized carbons (Fsp3) is 0.440. The van der Waals surface area contributed by atoms with E-state index in [4.69, 9.17) is 0 Å². The predicted molar refractivity (Wildman–Crippen MR) is 109 cm³/mol. The van der Waals surface area contributed by atoms with E-state index in [9.17, 15) is 13.2 Å². The highest BCUT2D eigenvalue weighted by molar-refractivity contribution is 5.46. The summed E-state index contributed by atoms with van der Waals surface area (Å²) < 4.78 is 41.1. The zero-order valence-corrected chi connectivity index (χ0v) is 16.8. The first-order chi connectivity index (χ1) is 13.9. The highest BCUT2D eigenvalue weighted by atomic mass is 19.4. The van der Waals surface area contributed by atoms with E-state index in [0.717, 1.165) is 44.1 Å². The molecule has 0 aliphatic heterocycles. The third-order valence-electron chi connectivity index (χ3n) is 6.31. The Bertz CT molecular complexity index is 880. The molecular weight excluding hydrogens is 373 g/mol. The van der Waals surface area contributed by atoms with Gasteiger partial charge in [-0.3, -0.25) is 0 Å². The molecule has 0 bridgehead atoms. The minimum atomic E-state index is -4.64. The van der Waals surface area contributed by atoms with Crippen molar-refractivity contribution in [2.75, 3.05) is 0 Å². The summed E-state index contributed by atoms with van der Waals surface area (Å²) in [6.45, 7) is 2.18. The normalized spacial score (nSPS) is 21.7. The third kappa shape index (κ3) is 4.68. The number of alkyl halides is 3. The Morgan fingerprint density at radius 1 is 0.931 bits per heavy atom. The van der Waals surface area contributed by atoms with Gasteiger partial charge in [-0.1, -0.05) is 43.3 Å². The predicted octanol–water partition coefficient (Wildman–Crippen LogP) is 6.93. The molecule has 2 atom stereocenters. The van der Waals surface area contributed by atoms with Crippen molar-refractivity contribution >= 4 is 0 Å². The van der Waals surface area contributed by atoms with E-state index in [0.29, 0.717) is 11.8 Å². The number of allylic oxidation sites excluding steroid dienone is 2. The van der Waals surface area contributed by atoms with E-state index in [-0.39, 0.29) is 5.75 Å². The smallest absolute Gasteiger partial charge is 0.406 e. The van der Waals surface area contributed by atoms with Crippen molar-refractivity contribution in [2.24, 2.45) is 5.92 Å². The Morgan fingerprint density at radius 2 is 1.59 bits per heavy atom. The van der Waals surface area contributed by atoms with Crippen molar-refractivity contribution in [1.82, 2.24) is 0 Å². The molecule has 4 rings (SSSR count). The van der Waals surface area contributed by atoms with Crippen LogP contribution in [0.1, 0.15) is 59.9 Å². The summed E-state index contributed by atoms with van der Waals surface area (Å²) in [5.41, 5.74) is 7.11. The maximum Gasteiger partial charge on any atom is 0.573 e. The second kappa shape index (κ2) is 8.25. The van der Waals surface area contributed by atoms with Crippen LogP contribution in [0.15, 0.2) is 48.6 Å². The maximum absolute atomic E-state index is 12.4. The summed E-state index contributed by atoms with van der Waals surface area (Å²) in [5.74, 6) is 0.858. The molecule has 4 heteroatoms. The van der Waals surface area contributed by atoms with Crippen LogP contribution in [0, 0.1) is 5.92 Å². The average Bonchev–Trinajstić information content (AvgIpc) is 2.71. The molecule has 0 N–H and O–H groups in total. The van der Waals surface area contributed by atoms with Gasteiger partial charge in [-0.2, -0.15) is 0 Å². The van der Waals surface area contributed by atoms with Gasteiger partial charge in [-0.25, -0.2) is 0 Å². The number of benzene rings is 2. The summed E-state index contributed by atoms with van der Waals surface area (Å²) in [7, 11) is 0. The molecule has 0 radical (unpaired) electrons. The molecule has 0 heterocycles. The first-order valence-electron chi connectivity index (χ1n) is 10.6. The Morgan fingerprint density at radius 3 is 2.24 bits per heavy atom. The quantitative estimate of drug-likeness (QED) is 0.506. The van der Waals surface area contributed by atoms with Crippen LogP contribution < -0.4 is 4.74 Å². The van der Waals surface area contributed by atoms with Crippen LogP contribution in [-0.2, 0) is 25.7 Å². The topological polar surface area (TPSA) is 9.23 Å². The first-order valence-corrected chi connectivity index (χ1v) is 10.6. The zero-order valence-electron chi connectivity index (χ0n) is 16.8. The van der Waals surface area contributed by atoms with Crippen LogP contribution in [0.2, 0.25) is 0 Å².